The summed E-state index contributed by atoms with van der Waals surface area (Å²) >= 11 is 1.89. The van der Waals surface area contributed by atoms with E-state index in [0.29, 0.717) is 6.54 Å². The number of hydrogen-bond donors (Lipinski definition) is 2. The first-order valence-electron chi connectivity index (χ1n) is 7.34. The first kappa shape index (κ1) is 17.1. The van der Waals surface area contributed by atoms with Crippen LogP contribution >= 0.6 is 11.8 Å². The van der Waals surface area contributed by atoms with E-state index in [9.17, 15) is 4.79 Å². The molecule has 0 aromatic heterocycles. The molecule has 112 valence electrons. The third kappa shape index (κ3) is 6.96. The summed E-state index contributed by atoms with van der Waals surface area (Å²) in [4.78, 5) is 11.9. The van der Waals surface area contributed by atoms with Crippen molar-refractivity contribution in [3.8, 4) is 0 Å². The second-order valence-corrected chi connectivity index (χ2v) is 5.88. The SMILES string of the molecule is CSCCCCCCNC(=O)c1ccc(CCN)cc1. The van der Waals surface area contributed by atoms with E-state index in [-0.39, 0.29) is 5.91 Å². The molecule has 1 amide bonds. The molecule has 0 aliphatic rings. The highest BCUT2D eigenvalue weighted by atomic mass is 32.2. The Bertz CT molecular complexity index is 379. The first-order valence-corrected chi connectivity index (χ1v) is 8.73. The van der Waals surface area contributed by atoms with Gasteiger partial charge in [0, 0.05) is 12.1 Å². The second kappa shape index (κ2) is 10.7. The fourth-order valence-corrected chi connectivity index (χ4v) is 2.51. The number of nitrogens with one attached hydrogen (secondary N) is 1. The topological polar surface area (TPSA) is 55.1 Å². The van der Waals surface area contributed by atoms with E-state index in [0.717, 1.165) is 24.9 Å². The van der Waals surface area contributed by atoms with Gasteiger partial charge >= 0.3 is 0 Å². The number of thioether (sulfide) groups is 1. The number of rotatable bonds is 10. The quantitative estimate of drug-likeness (QED) is 0.652. The molecular formula is C16H26N2OS. The van der Waals surface area contributed by atoms with Crippen molar-refractivity contribution in [1.82, 2.24) is 5.32 Å². The van der Waals surface area contributed by atoms with E-state index in [1.54, 1.807) is 0 Å². The Morgan fingerprint density at radius 2 is 1.85 bits per heavy atom. The molecule has 3 nitrogen and oxygen atoms in total. The van der Waals surface area contributed by atoms with Crippen molar-refractivity contribution in [1.29, 1.82) is 0 Å². The highest BCUT2D eigenvalue weighted by Gasteiger charge is 2.04. The Hall–Kier alpha value is -1.00. The molecule has 0 radical (unpaired) electrons. The zero-order chi connectivity index (χ0) is 14.6. The van der Waals surface area contributed by atoms with Crippen LogP contribution < -0.4 is 11.1 Å². The van der Waals surface area contributed by atoms with Crippen LogP contribution in [0.15, 0.2) is 24.3 Å². The molecule has 0 saturated heterocycles. The van der Waals surface area contributed by atoms with Crippen molar-refractivity contribution in [2.24, 2.45) is 5.73 Å². The number of carbonyl (C=O) groups is 1. The Balaban J connectivity index is 2.18. The van der Waals surface area contributed by atoms with E-state index >= 15 is 0 Å². The summed E-state index contributed by atoms with van der Waals surface area (Å²) in [6, 6.07) is 7.70. The van der Waals surface area contributed by atoms with Gasteiger partial charge in [-0.3, -0.25) is 4.79 Å². The lowest BCUT2D eigenvalue weighted by molar-refractivity contribution is 0.0953. The third-order valence-electron chi connectivity index (χ3n) is 3.21. The van der Waals surface area contributed by atoms with Crippen LogP contribution in [0.25, 0.3) is 0 Å². The average Bonchev–Trinajstić information content (AvgIpc) is 2.47. The predicted molar refractivity (Wildman–Crippen MR) is 88.4 cm³/mol. The van der Waals surface area contributed by atoms with E-state index in [1.165, 1.54) is 30.6 Å². The molecule has 4 heteroatoms. The molecule has 0 unspecified atom stereocenters. The zero-order valence-electron chi connectivity index (χ0n) is 12.4. The van der Waals surface area contributed by atoms with Crippen molar-refractivity contribution in [3.05, 3.63) is 35.4 Å². The number of benzene rings is 1. The minimum absolute atomic E-state index is 0.0217. The van der Waals surface area contributed by atoms with Crippen LogP contribution in [0.1, 0.15) is 41.6 Å². The van der Waals surface area contributed by atoms with Crippen molar-refractivity contribution in [3.63, 3.8) is 0 Å². The Labute approximate surface area is 126 Å². The fraction of sp³-hybridized carbons (Fsp3) is 0.562. The minimum Gasteiger partial charge on any atom is -0.352 e. The van der Waals surface area contributed by atoms with Crippen molar-refractivity contribution in [2.75, 3.05) is 25.1 Å². The monoisotopic (exact) mass is 294 g/mol. The predicted octanol–water partition coefficient (Wildman–Crippen LogP) is 2.84. The highest BCUT2D eigenvalue weighted by Crippen LogP contribution is 2.06. The summed E-state index contributed by atoms with van der Waals surface area (Å²) in [6.07, 6.45) is 7.78. The standard InChI is InChI=1S/C16H26N2OS/c1-20-13-5-3-2-4-12-18-16(19)15-8-6-14(7-9-15)10-11-17/h6-9H,2-5,10-13,17H2,1H3,(H,18,19). The largest absolute Gasteiger partial charge is 0.352 e. The maximum atomic E-state index is 11.9. The molecule has 1 rings (SSSR count). The van der Waals surface area contributed by atoms with Gasteiger partial charge in [0.2, 0.25) is 0 Å². The smallest absolute Gasteiger partial charge is 0.251 e. The Kier molecular flexibility index (Phi) is 9.16. The maximum Gasteiger partial charge on any atom is 0.251 e. The van der Waals surface area contributed by atoms with Gasteiger partial charge in [-0.15, -0.1) is 0 Å². The van der Waals surface area contributed by atoms with Crippen LogP contribution in [0.2, 0.25) is 0 Å². The van der Waals surface area contributed by atoms with Crippen LogP contribution in [0.3, 0.4) is 0 Å². The Morgan fingerprint density at radius 3 is 2.50 bits per heavy atom. The van der Waals surface area contributed by atoms with E-state index < -0.39 is 0 Å². The third-order valence-corrected chi connectivity index (χ3v) is 3.91. The molecular weight excluding hydrogens is 268 g/mol. The minimum atomic E-state index is 0.0217. The normalized spacial score (nSPS) is 10.5. The van der Waals surface area contributed by atoms with Crippen molar-refractivity contribution < 1.29 is 4.79 Å². The molecule has 0 aliphatic heterocycles. The average molecular weight is 294 g/mol. The zero-order valence-corrected chi connectivity index (χ0v) is 13.2. The molecule has 0 atom stereocenters. The van der Waals surface area contributed by atoms with Gasteiger partial charge in [-0.05, 0) is 55.5 Å². The van der Waals surface area contributed by atoms with E-state index in [1.807, 2.05) is 36.0 Å². The summed E-state index contributed by atoms with van der Waals surface area (Å²) in [5.41, 5.74) is 7.41. The van der Waals surface area contributed by atoms with Crippen LogP contribution in [0.4, 0.5) is 0 Å². The highest BCUT2D eigenvalue weighted by molar-refractivity contribution is 7.98. The van der Waals surface area contributed by atoms with Gasteiger partial charge in [0.15, 0.2) is 0 Å². The fourth-order valence-electron chi connectivity index (χ4n) is 2.02. The molecule has 0 spiro atoms. The summed E-state index contributed by atoms with van der Waals surface area (Å²) in [6.45, 7) is 1.41. The van der Waals surface area contributed by atoms with Crippen LogP contribution in [0, 0.1) is 0 Å². The maximum absolute atomic E-state index is 11.9. The number of hydrogen-bond acceptors (Lipinski definition) is 3. The van der Waals surface area contributed by atoms with Crippen LogP contribution in [0.5, 0.6) is 0 Å². The van der Waals surface area contributed by atoms with Gasteiger partial charge < -0.3 is 11.1 Å². The molecule has 0 fully saturated rings. The summed E-state index contributed by atoms with van der Waals surface area (Å²) in [5, 5.41) is 2.97. The van der Waals surface area contributed by atoms with Gasteiger partial charge in [-0.2, -0.15) is 11.8 Å². The lowest BCUT2D eigenvalue weighted by Crippen LogP contribution is -2.24. The molecule has 1 aromatic carbocycles. The van der Waals surface area contributed by atoms with Gasteiger partial charge in [-0.1, -0.05) is 25.0 Å². The summed E-state index contributed by atoms with van der Waals surface area (Å²) in [5.74, 6) is 1.26. The van der Waals surface area contributed by atoms with Gasteiger partial charge in [-0.25, -0.2) is 0 Å². The van der Waals surface area contributed by atoms with Crippen LogP contribution in [-0.4, -0.2) is 31.0 Å². The lowest BCUT2D eigenvalue weighted by Gasteiger charge is -2.06. The van der Waals surface area contributed by atoms with Crippen molar-refractivity contribution >= 4 is 17.7 Å². The number of carbonyl (C=O) groups excluding carboxylic acids is 1. The molecule has 3 N–H and O–H groups in total. The first-order chi connectivity index (χ1) is 9.77. The number of unbranched alkanes of at least 4 members (excludes halogenated alkanes) is 3. The van der Waals surface area contributed by atoms with Gasteiger partial charge in [0.1, 0.15) is 0 Å². The second-order valence-electron chi connectivity index (χ2n) is 4.90. The molecule has 0 heterocycles. The molecule has 0 aliphatic carbocycles. The molecule has 0 bridgehead atoms. The molecule has 1 aromatic rings. The van der Waals surface area contributed by atoms with Crippen molar-refractivity contribution in [2.45, 2.75) is 32.1 Å². The number of amides is 1. The van der Waals surface area contributed by atoms with E-state index in [2.05, 4.69) is 11.6 Å². The molecule has 0 saturated carbocycles. The summed E-state index contributed by atoms with van der Waals surface area (Å²) in [7, 11) is 0. The van der Waals surface area contributed by atoms with E-state index in [4.69, 9.17) is 5.73 Å². The van der Waals surface area contributed by atoms with Gasteiger partial charge in [0.05, 0.1) is 0 Å². The Morgan fingerprint density at radius 1 is 1.15 bits per heavy atom. The van der Waals surface area contributed by atoms with Crippen LogP contribution in [-0.2, 0) is 6.42 Å². The number of nitrogens with two attached hydrogens (primary N) is 1. The molecule has 20 heavy (non-hydrogen) atoms. The van der Waals surface area contributed by atoms with Gasteiger partial charge in [0.25, 0.3) is 5.91 Å². The summed E-state index contributed by atoms with van der Waals surface area (Å²) < 4.78 is 0. The lowest BCUT2D eigenvalue weighted by atomic mass is 10.1.